The van der Waals surface area contributed by atoms with Crippen LogP contribution < -0.4 is 10.6 Å². The Morgan fingerprint density at radius 1 is 1.22 bits per heavy atom. The maximum Gasteiger partial charge on any atom is 0.338 e. The zero-order valence-corrected chi connectivity index (χ0v) is 17.4. The van der Waals surface area contributed by atoms with Gasteiger partial charge in [-0.1, -0.05) is 54.3 Å². The van der Waals surface area contributed by atoms with E-state index in [0.717, 1.165) is 23.0 Å². The van der Waals surface area contributed by atoms with Gasteiger partial charge in [0.25, 0.3) is 0 Å². The van der Waals surface area contributed by atoms with Gasteiger partial charge in [-0.25, -0.2) is 9.59 Å². The summed E-state index contributed by atoms with van der Waals surface area (Å²) in [6.45, 7) is 7.72. The largest absolute Gasteiger partial charge is 0.463 e. The first-order valence-electron chi connectivity index (χ1n) is 8.96. The van der Waals surface area contributed by atoms with Crippen LogP contribution in [0.1, 0.15) is 32.4 Å². The third kappa shape index (κ3) is 5.46. The van der Waals surface area contributed by atoms with E-state index in [1.165, 1.54) is 11.8 Å². The number of urea groups is 1. The van der Waals surface area contributed by atoms with Gasteiger partial charge in [-0.3, -0.25) is 0 Å². The van der Waals surface area contributed by atoms with Crippen LogP contribution in [-0.4, -0.2) is 46.7 Å². The summed E-state index contributed by atoms with van der Waals surface area (Å²) in [7, 11) is 0. The zero-order valence-electron chi connectivity index (χ0n) is 15.8. The fourth-order valence-corrected chi connectivity index (χ4v) is 4.16. The van der Waals surface area contributed by atoms with Gasteiger partial charge in [0.2, 0.25) is 0 Å². The minimum Gasteiger partial charge on any atom is -0.463 e. The molecule has 0 radical (unpaired) electrons. The van der Waals surface area contributed by atoms with Crippen molar-refractivity contribution in [1.29, 1.82) is 0 Å². The van der Waals surface area contributed by atoms with Crippen molar-refractivity contribution in [3.8, 4) is 0 Å². The Labute approximate surface area is 169 Å². The molecule has 2 N–H and O–H groups in total. The van der Waals surface area contributed by atoms with Gasteiger partial charge in [-0.2, -0.15) is 0 Å². The van der Waals surface area contributed by atoms with Crippen molar-refractivity contribution in [2.45, 2.75) is 26.8 Å². The van der Waals surface area contributed by atoms with Gasteiger partial charge in [0.05, 0.1) is 18.2 Å². The Morgan fingerprint density at radius 3 is 2.48 bits per heavy atom. The van der Waals surface area contributed by atoms with Crippen LogP contribution in [0, 0.1) is 0 Å². The molecule has 2 rings (SSSR count). The highest BCUT2D eigenvalue weighted by Gasteiger charge is 2.33. The molecule has 1 aliphatic heterocycles. The van der Waals surface area contributed by atoms with E-state index in [1.807, 2.05) is 44.2 Å². The highest BCUT2D eigenvalue weighted by Crippen LogP contribution is 2.29. The molecule has 1 aliphatic rings. The summed E-state index contributed by atoms with van der Waals surface area (Å²) in [6.07, 6.45) is 0. The highest BCUT2D eigenvalue weighted by atomic mass is 32.2. The summed E-state index contributed by atoms with van der Waals surface area (Å²) >= 11 is 6.90. The minimum absolute atomic E-state index is 0.260. The van der Waals surface area contributed by atoms with Crippen LogP contribution in [0.5, 0.6) is 0 Å². The Bertz CT molecular complexity index is 718. The monoisotopic (exact) mass is 407 g/mol. The van der Waals surface area contributed by atoms with Crippen LogP contribution in [0.4, 0.5) is 4.79 Å². The fraction of sp³-hybridized carbons (Fsp3) is 0.421. The van der Waals surface area contributed by atoms with Crippen LogP contribution in [-0.2, 0) is 9.53 Å². The quantitative estimate of drug-likeness (QED) is 0.534. The van der Waals surface area contributed by atoms with Gasteiger partial charge in [-0.05, 0) is 26.3 Å². The molecule has 0 bridgehead atoms. The van der Waals surface area contributed by atoms with Gasteiger partial charge in [0.15, 0.2) is 0 Å². The number of carbonyl (C=O) groups excluding carboxylic acids is 2. The van der Waals surface area contributed by atoms with E-state index >= 15 is 0 Å². The van der Waals surface area contributed by atoms with Crippen molar-refractivity contribution in [3.63, 3.8) is 0 Å². The molecule has 0 aromatic heterocycles. The van der Waals surface area contributed by atoms with Crippen LogP contribution in [0.15, 0.2) is 41.6 Å². The van der Waals surface area contributed by atoms with Crippen LogP contribution >= 0.6 is 24.0 Å². The van der Waals surface area contributed by atoms with E-state index < -0.39 is 12.0 Å². The number of carbonyl (C=O) groups is 2. The smallest absolute Gasteiger partial charge is 0.338 e. The number of amides is 2. The van der Waals surface area contributed by atoms with E-state index in [0.29, 0.717) is 17.0 Å². The highest BCUT2D eigenvalue weighted by molar-refractivity contribution is 8.23. The standard InChI is InChI=1S/C19H25N3O3S2/c1-4-22(5-2)19(26)27-12-14-15(17(23)25-6-3)16(21-18(24)20-14)13-10-8-7-9-11-13/h7-11,16H,4-6,12H2,1-3H3,(H2,20,21,24). The third-order valence-electron chi connectivity index (χ3n) is 4.14. The van der Waals surface area contributed by atoms with E-state index in [4.69, 9.17) is 17.0 Å². The summed E-state index contributed by atoms with van der Waals surface area (Å²) in [5.74, 6) is -0.0524. The van der Waals surface area contributed by atoms with Gasteiger partial charge in [0, 0.05) is 24.5 Å². The normalized spacial score (nSPS) is 16.4. The minimum atomic E-state index is -0.559. The second-order valence-electron chi connectivity index (χ2n) is 5.78. The lowest BCUT2D eigenvalue weighted by molar-refractivity contribution is -0.139. The molecule has 8 heteroatoms. The number of nitrogens with zero attached hydrogens (tertiary/aromatic N) is 1. The molecular weight excluding hydrogens is 382 g/mol. The molecule has 146 valence electrons. The van der Waals surface area contributed by atoms with Crippen molar-refractivity contribution in [3.05, 3.63) is 47.2 Å². The van der Waals surface area contributed by atoms with E-state index in [1.54, 1.807) is 6.92 Å². The lowest BCUT2D eigenvalue weighted by atomic mass is 9.95. The molecule has 2 amide bonds. The molecule has 27 heavy (non-hydrogen) atoms. The fourth-order valence-electron chi connectivity index (χ4n) is 2.78. The van der Waals surface area contributed by atoms with E-state index in [9.17, 15) is 9.59 Å². The number of ether oxygens (including phenoxy) is 1. The summed E-state index contributed by atoms with van der Waals surface area (Å²) in [6, 6.07) is 8.48. The Hall–Kier alpha value is -2.06. The molecular formula is C19H25N3O3S2. The molecule has 1 unspecified atom stereocenters. The molecule has 0 aliphatic carbocycles. The number of rotatable bonds is 7. The number of benzene rings is 1. The van der Waals surface area contributed by atoms with Crippen molar-refractivity contribution in [2.75, 3.05) is 25.4 Å². The summed E-state index contributed by atoms with van der Waals surface area (Å²) in [5.41, 5.74) is 1.77. The van der Waals surface area contributed by atoms with Crippen LogP contribution in [0.2, 0.25) is 0 Å². The molecule has 1 aromatic carbocycles. The third-order valence-corrected chi connectivity index (χ3v) is 5.69. The van der Waals surface area contributed by atoms with Crippen molar-refractivity contribution < 1.29 is 14.3 Å². The maximum atomic E-state index is 12.7. The number of thiocarbonyl (C=S) groups is 1. The first kappa shape index (κ1) is 21.2. The molecule has 1 aromatic rings. The number of hydrogen-bond acceptors (Lipinski definition) is 5. The van der Waals surface area contributed by atoms with Gasteiger partial charge in [0.1, 0.15) is 4.32 Å². The Kier molecular flexibility index (Phi) is 8.12. The van der Waals surface area contributed by atoms with Crippen LogP contribution in [0.25, 0.3) is 0 Å². The molecule has 6 nitrogen and oxygen atoms in total. The topological polar surface area (TPSA) is 70.7 Å². The lowest BCUT2D eigenvalue weighted by Gasteiger charge is -2.30. The molecule has 0 fully saturated rings. The molecule has 1 atom stereocenters. The predicted octanol–water partition coefficient (Wildman–Crippen LogP) is 3.22. The summed E-state index contributed by atoms with van der Waals surface area (Å²) in [4.78, 5) is 26.9. The Balaban J connectivity index is 2.35. The number of hydrogen-bond donors (Lipinski definition) is 2. The molecule has 1 heterocycles. The van der Waals surface area contributed by atoms with Crippen molar-refractivity contribution in [2.24, 2.45) is 0 Å². The average Bonchev–Trinajstić information content (AvgIpc) is 2.67. The van der Waals surface area contributed by atoms with Crippen LogP contribution in [0.3, 0.4) is 0 Å². The van der Waals surface area contributed by atoms with E-state index in [2.05, 4.69) is 15.5 Å². The first-order valence-corrected chi connectivity index (χ1v) is 10.3. The lowest BCUT2D eigenvalue weighted by Crippen LogP contribution is -2.46. The predicted molar refractivity (Wildman–Crippen MR) is 112 cm³/mol. The zero-order chi connectivity index (χ0) is 19.8. The second-order valence-corrected chi connectivity index (χ2v) is 7.39. The summed E-state index contributed by atoms with van der Waals surface area (Å²) in [5, 5.41) is 5.59. The maximum absolute atomic E-state index is 12.7. The second kappa shape index (κ2) is 10.3. The van der Waals surface area contributed by atoms with Gasteiger partial charge in [-0.15, -0.1) is 0 Å². The van der Waals surface area contributed by atoms with Gasteiger partial charge < -0.3 is 20.3 Å². The SMILES string of the molecule is CCOC(=O)C1=C(CSC(=S)N(CC)CC)NC(=O)NC1c1ccccc1. The molecule has 0 saturated carbocycles. The number of esters is 1. The number of nitrogens with one attached hydrogen (secondary N) is 2. The molecule has 0 saturated heterocycles. The van der Waals surface area contributed by atoms with E-state index in [-0.39, 0.29) is 12.6 Å². The first-order chi connectivity index (χ1) is 13.0. The number of thioether (sulfide) groups is 1. The average molecular weight is 408 g/mol. The van der Waals surface area contributed by atoms with Crippen molar-refractivity contribution in [1.82, 2.24) is 15.5 Å². The van der Waals surface area contributed by atoms with Crippen molar-refractivity contribution >= 4 is 40.3 Å². The summed E-state index contributed by atoms with van der Waals surface area (Å²) < 4.78 is 5.99. The Morgan fingerprint density at radius 2 is 1.89 bits per heavy atom. The molecule has 0 spiro atoms. The van der Waals surface area contributed by atoms with Gasteiger partial charge >= 0.3 is 12.0 Å².